The first-order valence-corrected chi connectivity index (χ1v) is 11.5. The Bertz CT molecular complexity index is 1210. The fourth-order valence-electron chi connectivity index (χ4n) is 4.19. The molecule has 0 saturated heterocycles. The van der Waals surface area contributed by atoms with Gasteiger partial charge in [0, 0.05) is 22.4 Å². The molecule has 1 aliphatic carbocycles. The van der Waals surface area contributed by atoms with E-state index >= 15 is 0 Å². The quantitative estimate of drug-likeness (QED) is 0.602. The molecule has 2 atom stereocenters. The van der Waals surface area contributed by atoms with Crippen LogP contribution in [0.25, 0.3) is 15.3 Å². The van der Waals surface area contributed by atoms with Crippen molar-refractivity contribution in [1.82, 2.24) is 4.72 Å². The van der Waals surface area contributed by atoms with Crippen LogP contribution in [0.2, 0.25) is 4.34 Å². The third kappa shape index (κ3) is 3.21. The summed E-state index contributed by atoms with van der Waals surface area (Å²) >= 11 is 7.71. The number of carbonyl (C=O) groups is 1. The lowest BCUT2D eigenvalue weighted by atomic mass is 9.91. The van der Waals surface area contributed by atoms with Crippen LogP contribution in [-0.2, 0) is 22.2 Å². The third-order valence-electron chi connectivity index (χ3n) is 5.45. The van der Waals surface area contributed by atoms with Crippen molar-refractivity contribution in [2.24, 2.45) is 0 Å². The molecule has 29 heavy (non-hydrogen) atoms. The number of phenols is 1. The second-order valence-corrected chi connectivity index (χ2v) is 9.99. The highest BCUT2D eigenvalue weighted by Gasteiger charge is 2.28. The Kier molecular flexibility index (Phi) is 4.57. The summed E-state index contributed by atoms with van der Waals surface area (Å²) in [4.78, 5) is 12.9. The van der Waals surface area contributed by atoms with Crippen LogP contribution in [0.15, 0.2) is 54.6 Å². The Morgan fingerprint density at radius 2 is 2.00 bits per heavy atom. The van der Waals surface area contributed by atoms with Crippen molar-refractivity contribution in [3.05, 3.63) is 81.2 Å². The van der Waals surface area contributed by atoms with E-state index in [1.54, 1.807) is 23.5 Å². The van der Waals surface area contributed by atoms with Gasteiger partial charge in [-0.05, 0) is 59.4 Å². The monoisotopic (exact) mass is 441 g/mol. The molecule has 5 rings (SSSR count). The van der Waals surface area contributed by atoms with Gasteiger partial charge in [-0.3, -0.25) is 9.52 Å². The number of nitrogens with one attached hydrogen (secondary N) is 1. The average molecular weight is 442 g/mol. The number of thiophene rings is 1. The van der Waals surface area contributed by atoms with Gasteiger partial charge in [-0.25, -0.2) is 4.21 Å². The molecular formula is C22H16ClNO3S2. The molecule has 4 nitrogen and oxygen atoms in total. The molecule has 2 aliphatic rings. The molecule has 1 aromatic heterocycles. The van der Waals surface area contributed by atoms with Crippen LogP contribution < -0.4 is 4.72 Å². The Morgan fingerprint density at radius 1 is 1.14 bits per heavy atom. The maximum Gasteiger partial charge on any atom is 0.257 e. The minimum absolute atomic E-state index is 0.0354. The molecule has 0 saturated carbocycles. The van der Waals surface area contributed by atoms with Gasteiger partial charge >= 0.3 is 0 Å². The van der Waals surface area contributed by atoms with E-state index in [0.29, 0.717) is 10.5 Å². The summed E-state index contributed by atoms with van der Waals surface area (Å²) in [6.45, 7) is 0. The van der Waals surface area contributed by atoms with E-state index < -0.39 is 16.9 Å². The highest BCUT2D eigenvalue weighted by atomic mass is 35.5. The number of benzene rings is 2. The van der Waals surface area contributed by atoms with Gasteiger partial charge in [0.1, 0.15) is 5.75 Å². The van der Waals surface area contributed by atoms with Gasteiger partial charge < -0.3 is 5.11 Å². The number of aromatic hydroxyl groups is 1. The van der Waals surface area contributed by atoms with Gasteiger partial charge in [0.05, 0.1) is 9.24 Å². The Morgan fingerprint density at radius 3 is 2.69 bits per heavy atom. The number of halogens is 1. The zero-order valence-corrected chi connectivity index (χ0v) is 17.5. The van der Waals surface area contributed by atoms with E-state index in [1.807, 2.05) is 12.1 Å². The predicted octanol–water partition coefficient (Wildman–Crippen LogP) is 4.99. The van der Waals surface area contributed by atoms with E-state index in [-0.39, 0.29) is 11.7 Å². The zero-order chi connectivity index (χ0) is 20.1. The van der Waals surface area contributed by atoms with Crippen molar-refractivity contribution in [1.29, 1.82) is 0 Å². The van der Waals surface area contributed by atoms with Crippen molar-refractivity contribution < 1.29 is 14.1 Å². The number of amides is 1. The van der Waals surface area contributed by atoms with Crippen LogP contribution >= 0.6 is 22.9 Å². The predicted molar refractivity (Wildman–Crippen MR) is 117 cm³/mol. The molecule has 1 amide bonds. The number of phenolic OH excluding ortho intramolecular Hbond substituents is 1. The van der Waals surface area contributed by atoms with Crippen molar-refractivity contribution >= 4 is 44.7 Å². The maximum atomic E-state index is 12.0. The van der Waals surface area contributed by atoms with Crippen molar-refractivity contribution in [2.45, 2.75) is 18.8 Å². The summed E-state index contributed by atoms with van der Waals surface area (Å²) in [6.07, 6.45) is 3.19. The van der Waals surface area contributed by atoms with Crippen LogP contribution in [0.1, 0.15) is 34.6 Å². The fourth-order valence-corrected chi connectivity index (χ4v) is 6.22. The van der Waals surface area contributed by atoms with Crippen LogP contribution in [0.4, 0.5) is 0 Å². The Hall–Kier alpha value is -2.41. The van der Waals surface area contributed by atoms with Gasteiger partial charge in [-0.1, -0.05) is 35.9 Å². The van der Waals surface area contributed by atoms with E-state index in [2.05, 4.69) is 29.0 Å². The lowest BCUT2D eigenvalue weighted by Gasteiger charge is -2.15. The number of rotatable bonds is 3. The molecule has 3 aromatic rings. The summed E-state index contributed by atoms with van der Waals surface area (Å²) in [5.41, 5.74) is 5.24. The third-order valence-corrected chi connectivity index (χ3v) is 7.84. The van der Waals surface area contributed by atoms with Crippen LogP contribution in [-0.4, -0.2) is 15.2 Å². The Labute approximate surface area is 179 Å². The Balaban J connectivity index is 1.52. The lowest BCUT2D eigenvalue weighted by molar-refractivity contribution is -0.114. The van der Waals surface area contributed by atoms with E-state index in [1.165, 1.54) is 27.6 Å². The first-order chi connectivity index (χ1) is 14.0. The highest BCUT2D eigenvalue weighted by Crippen LogP contribution is 2.45. The summed E-state index contributed by atoms with van der Waals surface area (Å²) in [5, 5.41) is 10.6. The maximum absolute atomic E-state index is 12.0. The first-order valence-electron chi connectivity index (χ1n) is 9.16. The SMILES string of the molecule is O=C1C=C(c2ccc([C@H]3CCc4c(-c5ccc(Cl)s5)cccc43)cc2O)S(=O)N1. The fraction of sp³-hybridized carbons (Fsp3) is 0.136. The second kappa shape index (κ2) is 7.13. The van der Waals surface area contributed by atoms with E-state index in [4.69, 9.17) is 11.6 Å². The topological polar surface area (TPSA) is 66.4 Å². The lowest BCUT2D eigenvalue weighted by Crippen LogP contribution is -2.16. The number of hydrogen-bond acceptors (Lipinski definition) is 4. The number of fused-ring (bicyclic) bond motifs is 1. The molecular weight excluding hydrogens is 426 g/mol. The van der Waals surface area contributed by atoms with Gasteiger partial charge in [-0.2, -0.15) is 0 Å². The van der Waals surface area contributed by atoms with Crippen LogP contribution in [0.3, 0.4) is 0 Å². The average Bonchev–Trinajstić information content (AvgIpc) is 3.40. The summed E-state index contributed by atoms with van der Waals surface area (Å²) in [5.74, 6) is -0.191. The van der Waals surface area contributed by atoms with E-state index in [0.717, 1.165) is 22.7 Å². The molecule has 2 heterocycles. The standard InChI is InChI=1S/C22H16ClNO3S2/c23-21-9-8-19(28-21)16-3-1-2-14-13(6-7-15(14)16)12-4-5-17(18(25)10-12)20-11-22(26)24-29(20)27/h1-5,8-11,13,25H,6-7H2,(H,24,26)/t13-,29?/m1/s1. The molecule has 2 N–H and O–H groups in total. The van der Waals surface area contributed by atoms with Gasteiger partial charge in [0.15, 0.2) is 11.0 Å². The molecule has 0 spiro atoms. The normalized spacial score (nSPS) is 20.4. The highest BCUT2D eigenvalue weighted by molar-refractivity contribution is 7.94. The minimum atomic E-state index is -1.63. The molecule has 0 bridgehead atoms. The molecule has 0 fully saturated rings. The molecule has 146 valence electrons. The first kappa shape index (κ1) is 18.6. The molecule has 0 radical (unpaired) electrons. The summed E-state index contributed by atoms with van der Waals surface area (Å²) < 4.78 is 15.1. The van der Waals surface area contributed by atoms with Gasteiger partial charge in [0.2, 0.25) is 0 Å². The van der Waals surface area contributed by atoms with Crippen molar-refractivity contribution in [3.8, 4) is 16.2 Å². The van der Waals surface area contributed by atoms with Gasteiger partial charge in [0.25, 0.3) is 5.91 Å². The van der Waals surface area contributed by atoms with E-state index in [9.17, 15) is 14.1 Å². The minimum Gasteiger partial charge on any atom is -0.507 e. The molecule has 1 aliphatic heterocycles. The van der Waals surface area contributed by atoms with Crippen molar-refractivity contribution in [3.63, 3.8) is 0 Å². The number of carbonyl (C=O) groups excluding carboxylic acids is 1. The van der Waals surface area contributed by atoms with Crippen LogP contribution in [0.5, 0.6) is 5.75 Å². The molecule has 2 aromatic carbocycles. The van der Waals surface area contributed by atoms with Crippen LogP contribution in [0, 0.1) is 0 Å². The largest absolute Gasteiger partial charge is 0.507 e. The summed E-state index contributed by atoms with van der Waals surface area (Å²) in [6, 6.07) is 15.7. The van der Waals surface area contributed by atoms with Crippen molar-refractivity contribution in [2.75, 3.05) is 0 Å². The summed E-state index contributed by atoms with van der Waals surface area (Å²) in [7, 11) is -1.63. The van der Waals surface area contributed by atoms with Gasteiger partial charge in [-0.15, -0.1) is 11.3 Å². The molecule has 7 heteroatoms. The number of hydrogen-bond donors (Lipinski definition) is 2. The zero-order valence-electron chi connectivity index (χ0n) is 15.1. The second-order valence-electron chi connectivity index (χ2n) is 7.09. The molecule has 1 unspecified atom stereocenters. The smallest absolute Gasteiger partial charge is 0.257 e.